The molecule has 2 N–H and O–H groups in total. The predicted molar refractivity (Wildman–Crippen MR) is 107 cm³/mol. The normalized spacial score (nSPS) is 16.8. The van der Waals surface area contributed by atoms with Crippen molar-refractivity contribution in [3.63, 3.8) is 0 Å². The summed E-state index contributed by atoms with van der Waals surface area (Å²) in [5.41, 5.74) is 7.28. The molecular weight excluding hydrogens is 338 g/mol. The van der Waals surface area contributed by atoms with Crippen LogP contribution in [-0.4, -0.2) is 35.8 Å². The van der Waals surface area contributed by atoms with Crippen molar-refractivity contribution in [1.29, 1.82) is 0 Å². The fourth-order valence-corrected chi connectivity index (χ4v) is 4.07. The van der Waals surface area contributed by atoms with Gasteiger partial charge in [-0.2, -0.15) is 0 Å². The van der Waals surface area contributed by atoms with Gasteiger partial charge in [0.05, 0.1) is 5.57 Å². The molecule has 2 amide bonds. The Hall–Kier alpha value is -2.82. The van der Waals surface area contributed by atoms with Gasteiger partial charge in [-0.3, -0.25) is 9.59 Å². The molecule has 2 aromatic rings. The fraction of sp³-hybridized carbons (Fsp3) is 0.364. The van der Waals surface area contributed by atoms with E-state index in [1.165, 1.54) is 29.7 Å². The number of para-hydroxylation sites is 1. The summed E-state index contributed by atoms with van der Waals surface area (Å²) in [7, 11) is 3.58. The number of nitrogens with one attached hydrogen (secondary N) is 2. The van der Waals surface area contributed by atoms with Gasteiger partial charge in [-0.25, -0.2) is 0 Å². The van der Waals surface area contributed by atoms with E-state index in [4.69, 9.17) is 0 Å². The maximum absolute atomic E-state index is 12.5. The molecular formula is C22H25N3O2. The first-order chi connectivity index (χ1) is 13.0. The first-order valence-corrected chi connectivity index (χ1v) is 9.60. The molecule has 2 heterocycles. The van der Waals surface area contributed by atoms with Gasteiger partial charge >= 0.3 is 0 Å². The summed E-state index contributed by atoms with van der Waals surface area (Å²) in [5, 5.41) is 2.93. The second kappa shape index (κ2) is 7.06. The summed E-state index contributed by atoms with van der Waals surface area (Å²) in [4.78, 5) is 29.8. The number of carbonyl (C=O) groups excluding carboxylic acids is 2. The van der Waals surface area contributed by atoms with Crippen LogP contribution in [0.4, 0.5) is 5.69 Å². The van der Waals surface area contributed by atoms with Crippen LogP contribution in [0.2, 0.25) is 0 Å². The number of aromatic nitrogens is 1. The van der Waals surface area contributed by atoms with Crippen molar-refractivity contribution < 1.29 is 9.59 Å². The van der Waals surface area contributed by atoms with E-state index in [-0.39, 0.29) is 11.8 Å². The quantitative estimate of drug-likeness (QED) is 0.818. The molecule has 140 valence electrons. The molecule has 0 radical (unpaired) electrons. The van der Waals surface area contributed by atoms with E-state index in [1.54, 1.807) is 19.0 Å². The van der Waals surface area contributed by atoms with Crippen molar-refractivity contribution in [2.75, 3.05) is 19.4 Å². The average molecular weight is 363 g/mol. The Kier molecular flexibility index (Phi) is 4.60. The zero-order chi connectivity index (χ0) is 19.0. The van der Waals surface area contributed by atoms with Crippen LogP contribution >= 0.6 is 0 Å². The Morgan fingerprint density at radius 3 is 2.78 bits per heavy atom. The second-order valence-electron chi connectivity index (χ2n) is 7.53. The molecule has 2 aliphatic rings. The molecule has 0 bridgehead atoms. The summed E-state index contributed by atoms with van der Waals surface area (Å²) >= 11 is 0. The minimum absolute atomic E-state index is 0.0703. The van der Waals surface area contributed by atoms with E-state index >= 15 is 0 Å². The van der Waals surface area contributed by atoms with Crippen LogP contribution in [0.15, 0.2) is 24.3 Å². The number of aromatic amines is 1. The van der Waals surface area contributed by atoms with Crippen molar-refractivity contribution in [3.05, 3.63) is 52.3 Å². The van der Waals surface area contributed by atoms with Crippen LogP contribution in [0.25, 0.3) is 11.6 Å². The van der Waals surface area contributed by atoms with Crippen molar-refractivity contribution in [3.8, 4) is 0 Å². The van der Waals surface area contributed by atoms with Gasteiger partial charge in [0, 0.05) is 43.2 Å². The van der Waals surface area contributed by atoms with Gasteiger partial charge in [0.1, 0.15) is 0 Å². The molecule has 5 heteroatoms. The zero-order valence-corrected chi connectivity index (χ0v) is 15.9. The van der Waals surface area contributed by atoms with Gasteiger partial charge in [-0.15, -0.1) is 0 Å². The number of benzene rings is 1. The van der Waals surface area contributed by atoms with Crippen LogP contribution in [0, 0.1) is 0 Å². The number of hydrogen-bond acceptors (Lipinski definition) is 2. The van der Waals surface area contributed by atoms with Gasteiger partial charge in [-0.1, -0.05) is 18.2 Å². The van der Waals surface area contributed by atoms with Gasteiger partial charge in [0.25, 0.3) is 5.91 Å². The number of aryl methyl sites for hydroxylation is 1. The Morgan fingerprint density at radius 1 is 1.19 bits per heavy atom. The summed E-state index contributed by atoms with van der Waals surface area (Å²) in [6, 6.07) is 7.76. The Balaban J connectivity index is 1.73. The molecule has 0 saturated carbocycles. The number of carbonyl (C=O) groups is 2. The molecule has 1 aliphatic carbocycles. The number of anilines is 1. The van der Waals surface area contributed by atoms with E-state index in [1.807, 2.05) is 30.3 Å². The molecule has 4 rings (SSSR count). The van der Waals surface area contributed by atoms with E-state index in [0.717, 1.165) is 29.8 Å². The van der Waals surface area contributed by atoms with Crippen LogP contribution in [0.3, 0.4) is 0 Å². The first-order valence-electron chi connectivity index (χ1n) is 9.60. The van der Waals surface area contributed by atoms with Gasteiger partial charge in [0.2, 0.25) is 5.91 Å². The minimum atomic E-state index is -0.0703. The van der Waals surface area contributed by atoms with E-state index < -0.39 is 0 Å². The zero-order valence-electron chi connectivity index (χ0n) is 15.9. The van der Waals surface area contributed by atoms with Crippen molar-refractivity contribution in [2.45, 2.75) is 38.5 Å². The van der Waals surface area contributed by atoms with Crippen molar-refractivity contribution in [2.24, 2.45) is 0 Å². The highest BCUT2D eigenvalue weighted by Crippen LogP contribution is 2.35. The maximum atomic E-state index is 12.5. The Labute approximate surface area is 159 Å². The molecule has 27 heavy (non-hydrogen) atoms. The monoisotopic (exact) mass is 363 g/mol. The molecule has 0 fully saturated rings. The topological polar surface area (TPSA) is 65.2 Å². The molecule has 1 aliphatic heterocycles. The number of fused-ring (bicyclic) bond motifs is 2. The maximum Gasteiger partial charge on any atom is 0.256 e. The Bertz CT molecular complexity index is 937. The first kappa shape index (κ1) is 17.6. The number of amides is 2. The summed E-state index contributed by atoms with van der Waals surface area (Å²) in [5.74, 6) is 0.0578. The van der Waals surface area contributed by atoms with Gasteiger partial charge in [0.15, 0.2) is 0 Å². The number of rotatable bonds is 4. The highest BCUT2D eigenvalue weighted by atomic mass is 16.2. The fourth-order valence-electron chi connectivity index (χ4n) is 4.07. The third-order valence-corrected chi connectivity index (χ3v) is 5.53. The number of H-pyrrole nitrogens is 1. The van der Waals surface area contributed by atoms with Gasteiger partial charge in [-0.05, 0) is 55.4 Å². The summed E-state index contributed by atoms with van der Waals surface area (Å²) in [6.45, 7) is 0. The van der Waals surface area contributed by atoms with E-state index in [2.05, 4.69) is 10.3 Å². The lowest BCUT2D eigenvalue weighted by Gasteiger charge is -2.14. The summed E-state index contributed by atoms with van der Waals surface area (Å²) < 4.78 is 0. The molecule has 0 unspecified atom stereocenters. The highest BCUT2D eigenvalue weighted by molar-refractivity contribution is 6.34. The second-order valence-corrected chi connectivity index (χ2v) is 7.53. The smallest absolute Gasteiger partial charge is 0.256 e. The average Bonchev–Trinajstić information content (AvgIpc) is 3.17. The number of hydrogen-bond donors (Lipinski definition) is 2. The van der Waals surface area contributed by atoms with Crippen LogP contribution in [-0.2, 0) is 28.9 Å². The standard InChI is InChI=1S/C22H25N3O2/c1-25(2)21(26)12-11-16-14-7-3-5-9-18(14)23-20(16)13-17-15-8-4-6-10-19(15)24-22(17)27/h4,6,8,10,13,23H,3,5,7,9,11-12H2,1-2H3,(H,24,27). The lowest BCUT2D eigenvalue weighted by atomic mass is 9.92. The molecule has 5 nitrogen and oxygen atoms in total. The molecule has 1 aromatic heterocycles. The van der Waals surface area contributed by atoms with Crippen LogP contribution in [0.5, 0.6) is 0 Å². The van der Waals surface area contributed by atoms with Crippen molar-refractivity contribution >= 4 is 29.2 Å². The summed E-state index contributed by atoms with van der Waals surface area (Å²) in [6.07, 6.45) is 7.59. The van der Waals surface area contributed by atoms with Crippen molar-refractivity contribution in [1.82, 2.24) is 9.88 Å². The lowest BCUT2D eigenvalue weighted by Crippen LogP contribution is -2.22. The Morgan fingerprint density at radius 2 is 1.96 bits per heavy atom. The highest BCUT2D eigenvalue weighted by Gasteiger charge is 2.26. The number of nitrogens with zero attached hydrogens (tertiary/aromatic N) is 1. The molecule has 0 atom stereocenters. The third kappa shape index (κ3) is 3.29. The third-order valence-electron chi connectivity index (χ3n) is 5.53. The molecule has 1 aromatic carbocycles. The van der Waals surface area contributed by atoms with E-state index in [0.29, 0.717) is 18.4 Å². The van der Waals surface area contributed by atoms with Gasteiger partial charge < -0.3 is 15.2 Å². The van der Waals surface area contributed by atoms with Crippen LogP contribution in [0.1, 0.15) is 47.3 Å². The SMILES string of the molecule is CN(C)C(=O)CCc1c(C=C2C(=O)Nc3ccccc32)[nH]c2c1CCCC2. The minimum Gasteiger partial charge on any atom is -0.358 e. The lowest BCUT2D eigenvalue weighted by molar-refractivity contribution is -0.128. The van der Waals surface area contributed by atoms with Crippen LogP contribution < -0.4 is 5.32 Å². The van der Waals surface area contributed by atoms with E-state index in [9.17, 15) is 9.59 Å². The molecule has 0 saturated heterocycles. The molecule has 0 spiro atoms. The largest absolute Gasteiger partial charge is 0.358 e. The predicted octanol–water partition coefficient (Wildman–Crippen LogP) is 3.41.